The van der Waals surface area contributed by atoms with Gasteiger partial charge in [0.25, 0.3) is 0 Å². The summed E-state index contributed by atoms with van der Waals surface area (Å²) >= 11 is 7.58. The zero-order valence-corrected chi connectivity index (χ0v) is 17.0. The highest BCUT2D eigenvalue weighted by atomic mass is 79.9. The van der Waals surface area contributed by atoms with E-state index in [-0.39, 0.29) is 0 Å². The molecule has 0 bridgehead atoms. The molecule has 0 N–H and O–H groups in total. The van der Waals surface area contributed by atoms with Crippen molar-refractivity contribution in [3.63, 3.8) is 0 Å². The minimum atomic E-state index is 0.921. The Labute approximate surface area is 160 Å². The maximum atomic E-state index is 5.06. The van der Waals surface area contributed by atoms with Crippen LogP contribution in [-0.2, 0) is 12.8 Å². The Hall–Kier alpha value is -1.13. The number of ether oxygens (including phenoxy) is 2. The summed E-state index contributed by atoms with van der Waals surface area (Å²) in [4.78, 5) is 0. The third-order valence-corrected chi connectivity index (χ3v) is 4.42. The van der Waals surface area contributed by atoms with Gasteiger partial charge in [0.2, 0.25) is 0 Å². The molecular weight excluding hydrogens is 384 g/mol. The van der Waals surface area contributed by atoms with Crippen molar-refractivity contribution >= 4 is 28.6 Å². The molecule has 132 valence electrons. The van der Waals surface area contributed by atoms with Crippen LogP contribution >= 0.6 is 28.6 Å². The first-order chi connectivity index (χ1) is 11.7. The van der Waals surface area contributed by atoms with Crippen molar-refractivity contribution in [3.05, 3.63) is 59.7 Å². The standard InChI is InChI=1S/C10H13BrO.C10H14OS/c1-12-10-6-4-9(5-7-10)3-2-8-11;1-11-10-6-4-9(5-7-10)3-2-8-12/h4-7H,2-3,8H2,1H3;4-7,12H,2-3,8H2,1H3. The molecule has 0 aromatic heterocycles. The largest absolute Gasteiger partial charge is 0.497 e. The van der Waals surface area contributed by atoms with Gasteiger partial charge in [-0.1, -0.05) is 40.2 Å². The Morgan fingerprint density at radius 2 is 1.17 bits per heavy atom. The van der Waals surface area contributed by atoms with E-state index in [0.717, 1.165) is 41.8 Å². The monoisotopic (exact) mass is 410 g/mol. The summed E-state index contributed by atoms with van der Waals surface area (Å²) in [5, 5.41) is 1.07. The lowest BCUT2D eigenvalue weighted by Crippen LogP contribution is -1.87. The molecule has 0 aliphatic heterocycles. The molecule has 0 aliphatic carbocycles. The van der Waals surface area contributed by atoms with Crippen molar-refractivity contribution in [2.45, 2.75) is 25.7 Å². The van der Waals surface area contributed by atoms with Crippen molar-refractivity contribution in [1.82, 2.24) is 0 Å². The lowest BCUT2D eigenvalue weighted by molar-refractivity contribution is 0.414. The van der Waals surface area contributed by atoms with E-state index in [1.807, 2.05) is 24.3 Å². The fourth-order valence-corrected chi connectivity index (χ4v) is 2.58. The van der Waals surface area contributed by atoms with Gasteiger partial charge in [-0.3, -0.25) is 0 Å². The van der Waals surface area contributed by atoms with Crippen LogP contribution in [0, 0.1) is 0 Å². The number of hydrogen-bond donors (Lipinski definition) is 1. The Kier molecular flexibility index (Phi) is 11.5. The lowest BCUT2D eigenvalue weighted by atomic mass is 10.1. The molecule has 4 heteroatoms. The second-order valence-electron chi connectivity index (χ2n) is 5.32. The van der Waals surface area contributed by atoms with E-state index in [4.69, 9.17) is 9.47 Å². The second-order valence-corrected chi connectivity index (χ2v) is 6.56. The van der Waals surface area contributed by atoms with Gasteiger partial charge in [-0.25, -0.2) is 0 Å². The molecule has 0 amide bonds. The maximum absolute atomic E-state index is 5.06. The number of rotatable bonds is 8. The first kappa shape index (κ1) is 20.9. The quantitative estimate of drug-likeness (QED) is 0.452. The normalized spacial score (nSPS) is 9.83. The lowest BCUT2D eigenvalue weighted by Gasteiger charge is -2.01. The zero-order chi connectivity index (χ0) is 17.6. The average molecular weight is 411 g/mol. The van der Waals surface area contributed by atoms with Crippen molar-refractivity contribution in [2.75, 3.05) is 25.3 Å². The molecule has 0 heterocycles. The summed E-state index contributed by atoms with van der Waals surface area (Å²) in [6.07, 6.45) is 4.56. The molecule has 0 radical (unpaired) electrons. The average Bonchev–Trinajstić information content (AvgIpc) is 2.66. The molecule has 0 aliphatic rings. The molecule has 2 aromatic rings. The van der Waals surface area contributed by atoms with E-state index in [1.165, 1.54) is 17.5 Å². The molecule has 0 spiro atoms. The highest BCUT2D eigenvalue weighted by Gasteiger charge is 1.94. The Morgan fingerprint density at radius 3 is 1.50 bits per heavy atom. The van der Waals surface area contributed by atoms with Crippen molar-refractivity contribution in [3.8, 4) is 11.5 Å². The fraction of sp³-hybridized carbons (Fsp3) is 0.400. The molecule has 0 saturated carbocycles. The Bertz CT molecular complexity index is 489. The molecule has 0 atom stereocenters. The van der Waals surface area contributed by atoms with Gasteiger partial charge in [0.05, 0.1) is 14.2 Å². The minimum absolute atomic E-state index is 0.921. The van der Waals surface area contributed by atoms with Crippen LogP contribution in [0.3, 0.4) is 0 Å². The number of methoxy groups -OCH3 is 2. The molecule has 0 fully saturated rings. The van der Waals surface area contributed by atoms with Crippen LogP contribution in [0.4, 0.5) is 0 Å². The smallest absolute Gasteiger partial charge is 0.118 e. The van der Waals surface area contributed by atoms with Crippen molar-refractivity contribution in [2.24, 2.45) is 0 Å². The second kappa shape index (κ2) is 13.2. The van der Waals surface area contributed by atoms with E-state index < -0.39 is 0 Å². The van der Waals surface area contributed by atoms with Gasteiger partial charge in [0, 0.05) is 5.33 Å². The van der Waals surface area contributed by atoms with Gasteiger partial charge in [-0.15, -0.1) is 0 Å². The number of benzene rings is 2. The van der Waals surface area contributed by atoms with Gasteiger partial charge in [-0.05, 0) is 66.8 Å². The highest BCUT2D eigenvalue weighted by Crippen LogP contribution is 2.13. The van der Waals surface area contributed by atoms with Gasteiger partial charge >= 0.3 is 0 Å². The predicted molar refractivity (Wildman–Crippen MR) is 110 cm³/mol. The molecular formula is C20H27BrO2S. The first-order valence-electron chi connectivity index (χ1n) is 8.16. The van der Waals surface area contributed by atoms with E-state index in [2.05, 4.69) is 52.8 Å². The van der Waals surface area contributed by atoms with Gasteiger partial charge in [-0.2, -0.15) is 12.6 Å². The Morgan fingerprint density at radius 1 is 0.750 bits per heavy atom. The van der Waals surface area contributed by atoms with Crippen LogP contribution in [0.25, 0.3) is 0 Å². The summed E-state index contributed by atoms with van der Waals surface area (Å²) in [5.74, 6) is 2.80. The number of alkyl halides is 1. The summed E-state index contributed by atoms with van der Waals surface area (Å²) in [7, 11) is 3.37. The molecule has 2 nitrogen and oxygen atoms in total. The van der Waals surface area contributed by atoms with Crippen LogP contribution in [0.5, 0.6) is 11.5 Å². The third-order valence-electron chi connectivity index (χ3n) is 3.54. The summed E-state index contributed by atoms with van der Waals surface area (Å²) in [6.45, 7) is 0. The number of aryl methyl sites for hydroxylation is 2. The summed E-state index contributed by atoms with van der Waals surface area (Å²) in [6, 6.07) is 16.4. The van der Waals surface area contributed by atoms with E-state index in [1.54, 1.807) is 14.2 Å². The van der Waals surface area contributed by atoms with Crippen LogP contribution in [0.2, 0.25) is 0 Å². The first-order valence-corrected chi connectivity index (χ1v) is 9.91. The van der Waals surface area contributed by atoms with Gasteiger partial charge < -0.3 is 9.47 Å². The van der Waals surface area contributed by atoms with E-state index >= 15 is 0 Å². The number of halogens is 1. The van der Waals surface area contributed by atoms with E-state index in [0.29, 0.717) is 0 Å². The van der Waals surface area contributed by atoms with Gasteiger partial charge in [0.1, 0.15) is 11.5 Å². The van der Waals surface area contributed by atoms with Crippen molar-refractivity contribution in [1.29, 1.82) is 0 Å². The SMILES string of the molecule is COc1ccc(CCCBr)cc1.COc1ccc(CCCS)cc1. The summed E-state index contributed by atoms with van der Waals surface area (Å²) < 4.78 is 10.1. The highest BCUT2D eigenvalue weighted by molar-refractivity contribution is 9.09. The number of thiol groups is 1. The summed E-state index contributed by atoms with van der Waals surface area (Å²) in [5.41, 5.74) is 2.72. The fourth-order valence-electron chi connectivity index (χ4n) is 2.14. The van der Waals surface area contributed by atoms with Gasteiger partial charge in [0.15, 0.2) is 0 Å². The predicted octanol–water partition coefficient (Wildman–Crippen LogP) is 5.58. The molecule has 0 unspecified atom stereocenters. The Balaban J connectivity index is 0.000000240. The maximum Gasteiger partial charge on any atom is 0.118 e. The van der Waals surface area contributed by atoms with Crippen LogP contribution in [0.15, 0.2) is 48.5 Å². The van der Waals surface area contributed by atoms with Crippen LogP contribution in [0.1, 0.15) is 24.0 Å². The van der Waals surface area contributed by atoms with E-state index in [9.17, 15) is 0 Å². The molecule has 2 rings (SSSR count). The zero-order valence-electron chi connectivity index (χ0n) is 14.5. The molecule has 2 aromatic carbocycles. The third kappa shape index (κ3) is 8.65. The van der Waals surface area contributed by atoms with Crippen molar-refractivity contribution < 1.29 is 9.47 Å². The molecule has 24 heavy (non-hydrogen) atoms. The van der Waals surface area contributed by atoms with Crippen LogP contribution in [-0.4, -0.2) is 25.3 Å². The topological polar surface area (TPSA) is 18.5 Å². The van der Waals surface area contributed by atoms with Crippen LogP contribution < -0.4 is 9.47 Å². The molecule has 0 saturated heterocycles. The minimum Gasteiger partial charge on any atom is -0.497 e. The number of hydrogen-bond acceptors (Lipinski definition) is 3.